The molecule has 2 aromatic rings. The highest BCUT2D eigenvalue weighted by Gasteiger charge is 2.09. The van der Waals surface area contributed by atoms with E-state index in [9.17, 15) is 4.79 Å². The van der Waals surface area contributed by atoms with E-state index in [4.69, 9.17) is 11.6 Å². The average Bonchev–Trinajstić information content (AvgIpc) is 2.59. The van der Waals surface area contributed by atoms with Crippen LogP contribution in [0.5, 0.6) is 0 Å². The molecule has 1 aromatic heterocycles. The van der Waals surface area contributed by atoms with E-state index in [1.165, 1.54) is 18.2 Å². The Kier molecular flexibility index (Phi) is 7.19. The number of unbranched alkanes of at least 4 members (excludes halogenated alkanes) is 1. The van der Waals surface area contributed by atoms with E-state index in [1.807, 2.05) is 6.07 Å². The lowest BCUT2D eigenvalue weighted by Gasteiger charge is -2.14. The van der Waals surface area contributed by atoms with Gasteiger partial charge < -0.3 is 10.1 Å². The van der Waals surface area contributed by atoms with Gasteiger partial charge >= 0.3 is 5.97 Å². The van der Waals surface area contributed by atoms with E-state index in [1.54, 1.807) is 6.20 Å². The molecule has 0 saturated heterocycles. The average molecular weight is 362 g/mol. The monoisotopic (exact) mass is 361 g/mol. The Balaban J connectivity index is 2.01. The molecule has 0 bridgehead atoms. The number of benzene rings is 1. The lowest BCUT2D eigenvalue weighted by Crippen LogP contribution is -2.08. The predicted octanol–water partition coefficient (Wildman–Crippen LogP) is 4.24. The van der Waals surface area contributed by atoms with Crippen molar-refractivity contribution < 1.29 is 9.53 Å². The molecule has 0 aliphatic rings. The van der Waals surface area contributed by atoms with Gasteiger partial charge in [-0.05, 0) is 55.8 Å². The van der Waals surface area contributed by atoms with Crippen LogP contribution in [-0.2, 0) is 22.5 Å². The van der Waals surface area contributed by atoms with Crippen molar-refractivity contribution in [3.05, 3.63) is 52.1 Å². The van der Waals surface area contributed by atoms with Crippen LogP contribution >= 0.6 is 11.6 Å². The van der Waals surface area contributed by atoms with Crippen LogP contribution in [0.3, 0.4) is 0 Å². The lowest BCUT2D eigenvalue weighted by atomic mass is 10.1. The number of rotatable bonds is 8. The lowest BCUT2D eigenvalue weighted by molar-refractivity contribution is -0.140. The number of nitrogens with one attached hydrogen (secondary N) is 1. The number of aryl methyl sites for hydroxylation is 3. The van der Waals surface area contributed by atoms with E-state index in [-0.39, 0.29) is 11.3 Å². The first-order valence-corrected chi connectivity index (χ1v) is 8.76. The van der Waals surface area contributed by atoms with Gasteiger partial charge in [-0.3, -0.25) is 4.79 Å². The Morgan fingerprint density at radius 2 is 1.96 bits per heavy atom. The van der Waals surface area contributed by atoms with Gasteiger partial charge in [0.05, 0.1) is 12.8 Å². The second kappa shape index (κ2) is 9.37. The van der Waals surface area contributed by atoms with Crippen LogP contribution in [0, 0.1) is 13.8 Å². The minimum Gasteiger partial charge on any atom is -0.469 e. The summed E-state index contributed by atoms with van der Waals surface area (Å²) in [6.45, 7) is 4.80. The molecule has 0 aliphatic heterocycles. The van der Waals surface area contributed by atoms with Gasteiger partial charge in [-0.25, -0.2) is 9.97 Å². The number of para-hydroxylation sites is 1. The van der Waals surface area contributed by atoms with Crippen LogP contribution < -0.4 is 5.32 Å². The smallest absolute Gasteiger partial charge is 0.305 e. The number of carbonyl (C=O) groups is 1. The third-order valence-electron chi connectivity index (χ3n) is 4.13. The molecule has 25 heavy (non-hydrogen) atoms. The molecule has 0 radical (unpaired) electrons. The van der Waals surface area contributed by atoms with E-state index in [0.29, 0.717) is 13.0 Å². The summed E-state index contributed by atoms with van der Waals surface area (Å²) in [4.78, 5) is 19.7. The molecule has 0 atom stereocenters. The van der Waals surface area contributed by atoms with Crippen LogP contribution in [0.25, 0.3) is 0 Å². The standard InChI is InChI=1S/C19H24ClN3O2/c1-13-7-6-8-14(2)18(13)21-11-15-12-22-19(20)23-16(15)9-4-5-10-17(24)25-3/h6-8,12,21H,4-5,9-11H2,1-3H3. The summed E-state index contributed by atoms with van der Waals surface area (Å²) in [7, 11) is 1.41. The van der Waals surface area contributed by atoms with Crippen molar-refractivity contribution in [3.8, 4) is 0 Å². The maximum Gasteiger partial charge on any atom is 0.305 e. The van der Waals surface area contributed by atoms with Crippen LogP contribution in [-0.4, -0.2) is 23.0 Å². The number of hydrogen-bond acceptors (Lipinski definition) is 5. The van der Waals surface area contributed by atoms with E-state index >= 15 is 0 Å². The second-order valence-electron chi connectivity index (χ2n) is 6.01. The quantitative estimate of drug-likeness (QED) is 0.432. The number of methoxy groups -OCH3 is 1. The number of carbonyl (C=O) groups excluding carboxylic acids is 1. The van der Waals surface area contributed by atoms with Crippen molar-refractivity contribution in [1.82, 2.24) is 9.97 Å². The molecule has 5 nitrogen and oxygen atoms in total. The van der Waals surface area contributed by atoms with Crippen molar-refractivity contribution in [1.29, 1.82) is 0 Å². The minimum atomic E-state index is -0.183. The molecule has 1 N–H and O–H groups in total. The molecule has 0 fully saturated rings. The van der Waals surface area contributed by atoms with Gasteiger partial charge in [-0.2, -0.15) is 0 Å². The molecule has 134 valence electrons. The molecule has 1 aromatic carbocycles. The third kappa shape index (κ3) is 5.71. The van der Waals surface area contributed by atoms with Gasteiger partial charge in [-0.1, -0.05) is 18.2 Å². The molecular weight excluding hydrogens is 338 g/mol. The number of aromatic nitrogens is 2. The first-order chi connectivity index (χ1) is 12.0. The van der Waals surface area contributed by atoms with E-state index in [0.717, 1.165) is 36.2 Å². The maximum atomic E-state index is 11.2. The summed E-state index contributed by atoms with van der Waals surface area (Å²) in [5, 5.41) is 3.73. The molecule has 0 spiro atoms. The maximum absolute atomic E-state index is 11.2. The number of esters is 1. The zero-order chi connectivity index (χ0) is 18.2. The van der Waals surface area contributed by atoms with E-state index < -0.39 is 0 Å². The minimum absolute atomic E-state index is 0.183. The van der Waals surface area contributed by atoms with Crippen molar-refractivity contribution in [2.75, 3.05) is 12.4 Å². The Hall–Kier alpha value is -2.14. The Labute approximate surface area is 153 Å². The highest BCUT2D eigenvalue weighted by molar-refractivity contribution is 6.28. The van der Waals surface area contributed by atoms with Crippen LogP contribution in [0.2, 0.25) is 5.28 Å². The van der Waals surface area contributed by atoms with Gasteiger partial charge in [0, 0.05) is 30.4 Å². The summed E-state index contributed by atoms with van der Waals surface area (Å²) < 4.78 is 4.66. The summed E-state index contributed by atoms with van der Waals surface area (Å²) in [6, 6.07) is 6.22. The molecule has 1 heterocycles. The molecule has 0 aliphatic carbocycles. The zero-order valence-corrected chi connectivity index (χ0v) is 15.7. The van der Waals surface area contributed by atoms with Crippen molar-refractivity contribution in [2.45, 2.75) is 46.1 Å². The fourth-order valence-corrected chi connectivity index (χ4v) is 2.87. The zero-order valence-electron chi connectivity index (χ0n) is 14.9. The fourth-order valence-electron chi connectivity index (χ4n) is 2.72. The number of ether oxygens (including phenoxy) is 1. The Morgan fingerprint density at radius 3 is 2.64 bits per heavy atom. The van der Waals surface area contributed by atoms with Crippen LogP contribution in [0.15, 0.2) is 24.4 Å². The van der Waals surface area contributed by atoms with E-state index in [2.05, 4.69) is 46.0 Å². The van der Waals surface area contributed by atoms with Gasteiger partial charge in [-0.15, -0.1) is 0 Å². The van der Waals surface area contributed by atoms with Crippen LogP contribution in [0.1, 0.15) is 41.6 Å². The SMILES string of the molecule is COC(=O)CCCCc1nc(Cl)ncc1CNc1c(C)cccc1C. The molecule has 6 heteroatoms. The van der Waals surface area contributed by atoms with Crippen LogP contribution in [0.4, 0.5) is 5.69 Å². The van der Waals surface area contributed by atoms with Gasteiger partial charge in [0.15, 0.2) is 0 Å². The largest absolute Gasteiger partial charge is 0.469 e. The molecule has 2 rings (SSSR count). The third-order valence-corrected chi connectivity index (χ3v) is 4.32. The van der Waals surface area contributed by atoms with Crippen molar-refractivity contribution in [2.24, 2.45) is 0 Å². The predicted molar refractivity (Wildman–Crippen MR) is 99.9 cm³/mol. The first-order valence-electron chi connectivity index (χ1n) is 8.38. The highest BCUT2D eigenvalue weighted by Crippen LogP contribution is 2.21. The van der Waals surface area contributed by atoms with Gasteiger partial charge in [0.2, 0.25) is 5.28 Å². The summed E-state index contributed by atoms with van der Waals surface area (Å²) in [5.74, 6) is -0.183. The molecule has 0 saturated carbocycles. The summed E-state index contributed by atoms with van der Waals surface area (Å²) >= 11 is 5.95. The number of nitrogens with zero attached hydrogens (tertiary/aromatic N) is 2. The van der Waals surface area contributed by atoms with Gasteiger partial charge in [0.25, 0.3) is 0 Å². The molecule has 0 amide bonds. The van der Waals surface area contributed by atoms with Crippen molar-refractivity contribution >= 4 is 23.3 Å². The first kappa shape index (κ1) is 19.2. The summed E-state index contributed by atoms with van der Waals surface area (Å²) in [5.41, 5.74) is 5.48. The molecular formula is C19H24ClN3O2. The fraction of sp³-hybridized carbons (Fsp3) is 0.421. The highest BCUT2D eigenvalue weighted by atomic mass is 35.5. The topological polar surface area (TPSA) is 64.1 Å². The summed E-state index contributed by atoms with van der Waals surface area (Å²) in [6.07, 6.45) is 4.55. The number of anilines is 1. The molecule has 0 unspecified atom stereocenters. The normalized spacial score (nSPS) is 10.6. The van der Waals surface area contributed by atoms with Gasteiger partial charge in [0.1, 0.15) is 0 Å². The van der Waals surface area contributed by atoms with Crippen molar-refractivity contribution in [3.63, 3.8) is 0 Å². The second-order valence-corrected chi connectivity index (χ2v) is 6.35. The number of halogens is 1. The number of hydrogen-bond donors (Lipinski definition) is 1. The Bertz CT molecular complexity index is 714. The Morgan fingerprint density at radius 1 is 1.24 bits per heavy atom.